The summed E-state index contributed by atoms with van der Waals surface area (Å²) in [6.07, 6.45) is 3.74. The standard InChI is InChI=1S/C16H24N4/c1-13(2)19(3)9-10-20-12-18-11-15(20)16(17)14-7-5-4-6-8-14/h4-8,11-13,16H,9-10,17H2,1-3H3. The lowest BCUT2D eigenvalue weighted by Crippen LogP contribution is -2.30. The predicted molar refractivity (Wildman–Crippen MR) is 82.5 cm³/mol. The molecular weight excluding hydrogens is 248 g/mol. The lowest BCUT2D eigenvalue weighted by Gasteiger charge is -2.22. The molecule has 0 fully saturated rings. The Bertz CT molecular complexity index is 518. The van der Waals surface area contributed by atoms with Crippen LogP contribution in [0, 0.1) is 0 Å². The lowest BCUT2D eigenvalue weighted by molar-refractivity contribution is 0.261. The third kappa shape index (κ3) is 3.46. The van der Waals surface area contributed by atoms with Crippen LogP contribution in [-0.4, -0.2) is 34.1 Å². The van der Waals surface area contributed by atoms with E-state index in [4.69, 9.17) is 5.73 Å². The van der Waals surface area contributed by atoms with Crippen LogP contribution in [0.5, 0.6) is 0 Å². The minimum atomic E-state index is -0.122. The number of benzene rings is 1. The van der Waals surface area contributed by atoms with Crippen LogP contribution in [0.1, 0.15) is 31.1 Å². The summed E-state index contributed by atoms with van der Waals surface area (Å²) in [5.74, 6) is 0. The summed E-state index contributed by atoms with van der Waals surface area (Å²) in [7, 11) is 2.14. The minimum absolute atomic E-state index is 0.122. The van der Waals surface area contributed by atoms with Gasteiger partial charge in [0.15, 0.2) is 0 Å². The second-order valence-electron chi connectivity index (χ2n) is 5.47. The van der Waals surface area contributed by atoms with Gasteiger partial charge in [0, 0.05) is 19.1 Å². The van der Waals surface area contributed by atoms with Gasteiger partial charge >= 0.3 is 0 Å². The molecule has 2 N–H and O–H groups in total. The first-order valence-corrected chi connectivity index (χ1v) is 7.10. The van der Waals surface area contributed by atoms with Gasteiger partial charge in [0.2, 0.25) is 0 Å². The van der Waals surface area contributed by atoms with E-state index in [0.717, 1.165) is 24.3 Å². The molecule has 0 aliphatic heterocycles. The van der Waals surface area contributed by atoms with Crippen LogP contribution >= 0.6 is 0 Å². The summed E-state index contributed by atoms with van der Waals surface area (Å²) in [6.45, 7) is 6.29. The van der Waals surface area contributed by atoms with Crippen LogP contribution in [0.4, 0.5) is 0 Å². The Balaban J connectivity index is 2.09. The summed E-state index contributed by atoms with van der Waals surface area (Å²) in [6, 6.07) is 10.6. The Labute approximate surface area is 121 Å². The van der Waals surface area contributed by atoms with Crippen molar-refractivity contribution in [3.8, 4) is 0 Å². The van der Waals surface area contributed by atoms with Gasteiger partial charge in [-0.25, -0.2) is 4.98 Å². The Morgan fingerprint density at radius 1 is 1.25 bits per heavy atom. The lowest BCUT2D eigenvalue weighted by atomic mass is 10.1. The van der Waals surface area contributed by atoms with Gasteiger partial charge in [-0.2, -0.15) is 0 Å². The highest BCUT2D eigenvalue weighted by Crippen LogP contribution is 2.18. The number of hydrogen-bond donors (Lipinski definition) is 1. The van der Waals surface area contributed by atoms with Crippen LogP contribution in [0.15, 0.2) is 42.9 Å². The SMILES string of the molecule is CC(C)N(C)CCn1cncc1C(N)c1ccccc1. The van der Waals surface area contributed by atoms with Crippen molar-refractivity contribution in [3.63, 3.8) is 0 Å². The van der Waals surface area contributed by atoms with E-state index >= 15 is 0 Å². The van der Waals surface area contributed by atoms with Gasteiger partial charge in [0.25, 0.3) is 0 Å². The fraction of sp³-hybridized carbons (Fsp3) is 0.438. The molecule has 0 radical (unpaired) electrons. The molecule has 0 spiro atoms. The molecule has 1 heterocycles. The molecule has 20 heavy (non-hydrogen) atoms. The monoisotopic (exact) mass is 272 g/mol. The molecule has 0 saturated heterocycles. The molecule has 0 aliphatic rings. The van der Waals surface area contributed by atoms with E-state index in [0.29, 0.717) is 6.04 Å². The maximum absolute atomic E-state index is 6.35. The van der Waals surface area contributed by atoms with E-state index in [9.17, 15) is 0 Å². The molecule has 0 aliphatic carbocycles. The topological polar surface area (TPSA) is 47.1 Å². The van der Waals surface area contributed by atoms with Crippen molar-refractivity contribution >= 4 is 0 Å². The summed E-state index contributed by atoms with van der Waals surface area (Å²) >= 11 is 0. The maximum atomic E-state index is 6.35. The molecule has 4 nitrogen and oxygen atoms in total. The maximum Gasteiger partial charge on any atom is 0.0949 e. The summed E-state index contributed by atoms with van der Waals surface area (Å²) in [5.41, 5.74) is 8.53. The number of hydrogen-bond acceptors (Lipinski definition) is 3. The zero-order valence-electron chi connectivity index (χ0n) is 12.5. The van der Waals surface area contributed by atoms with Gasteiger partial charge in [0.1, 0.15) is 0 Å². The summed E-state index contributed by atoms with van der Waals surface area (Å²) in [5, 5.41) is 0. The number of aromatic nitrogens is 2. The predicted octanol–water partition coefficient (Wildman–Crippen LogP) is 2.27. The molecule has 0 saturated carbocycles. The average molecular weight is 272 g/mol. The molecule has 2 aromatic rings. The Morgan fingerprint density at radius 3 is 2.60 bits per heavy atom. The molecular formula is C16H24N4. The molecule has 1 atom stereocenters. The molecule has 0 amide bonds. The highest BCUT2D eigenvalue weighted by Gasteiger charge is 2.14. The largest absolute Gasteiger partial charge is 0.332 e. The van der Waals surface area contributed by atoms with Crippen LogP contribution < -0.4 is 5.73 Å². The smallest absolute Gasteiger partial charge is 0.0949 e. The van der Waals surface area contributed by atoms with E-state index in [1.54, 1.807) is 0 Å². The molecule has 0 bridgehead atoms. The zero-order chi connectivity index (χ0) is 14.5. The van der Waals surface area contributed by atoms with Gasteiger partial charge in [-0.15, -0.1) is 0 Å². The third-order valence-corrected chi connectivity index (χ3v) is 3.80. The number of nitrogens with two attached hydrogens (primary N) is 1. The van der Waals surface area contributed by atoms with Crippen molar-refractivity contribution in [2.75, 3.05) is 13.6 Å². The van der Waals surface area contributed by atoms with Crippen LogP contribution in [0.2, 0.25) is 0 Å². The quantitative estimate of drug-likeness (QED) is 0.877. The minimum Gasteiger partial charge on any atom is -0.332 e. The Morgan fingerprint density at radius 2 is 1.95 bits per heavy atom. The second-order valence-corrected chi connectivity index (χ2v) is 5.47. The van der Waals surface area contributed by atoms with E-state index < -0.39 is 0 Å². The Hall–Kier alpha value is -1.65. The van der Waals surface area contributed by atoms with E-state index in [1.165, 1.54) is 0 Å². The van der Waals surface area contributed by atoms with Gasteiger partial charge in [-0.3, -0.25) is 0 Å². The van der Waals surface area contributed by atoms with Crippen molar-refractivity contribution in [2.24, 2.45) is 5.73 Å². The molecule has 1 aromatic heterocycles. The fourth-order valence-electron chi connectivity index (χ4n) is 2.13. The highest BCUT2D eigenvalue weighted by molar-refractivity contribution is 5.26. The van der Waals surface area contributed by atoms with Crippen molar-refractivity contribution in [3.05, 3.63) is 54.1 Å². The Kier molecular flexibility index (Phi) is 4.93. The van der Waals surface area contributed by atoms with Crippen molar-refractivity contribution in [2.45, 2.75) is 32.5 Å². The molecule has 2 rings (SSSR count). The number of imidazole rings is 1. The average Bonchev–Trinajstić information content (AvgIpc) is 2.93. The molecule has 4 heteroatoms. The first-order chi connectivity index (χ1) is 9.59. The fourth-order valence-corrected chi connectivity index (χ4v) is 2.13. The van der Waals surface area contributed by atoms with Crippen LogP contribution in [-0.2, 0) is 6.54 Å². The summed E-state index contributed by atoms with van der Waals surface area (Å²) < 4.78 is 2.15. The van der Waals surface area contributed by atoms with E-state index in [2.05, 4.69) is 47.5 Å². The van der Waals surface area contributed by atoms with Crippen LogP contribution in [0.3, 0.4) is 0 Å². The van der Waals surface area contributed by atoms with Crippen LogP contribution in [0.25, 0.3) is 0 Å². The molecule has 1 unspecified atom stereocenters. The van der Waals surface area contributed by atoms with E-state index in [1.807, 2.05) is 30.7 Å². The van der Waals surface area contributed by atoms with Crippen molar-refractivity contribution in [1.29, 1.82) is 0 Å². The van der Waals surface area contributed by atoms with Crippen molar-refractivity contribution < 1.29 is 0 Å². The summed E-state index contributed by atoms with van der Waals surface area (Å²) in [4.78, 5) is 6.57. The first kappa shape index (κ1) is 14.8. The van der Waals surface area contributed by atoms with Crippen molar-refractivity contribution in [1.82, 2.24) is 14.5 Å². The van der Waals surface area contributed by atoms with E-state index in [-0.39, 0.29) is 6.04 Å². The van der Waals surface area contributed by atoms with Gasteiger partial charge in [0.05, 0.1) is 24.3 Å². The molecule has 1 aromatic carbocycles. The first-order valence-electron chi connectivity index (χ1n) is 7.10. The number of nitrogens with zero attached hydrogens (tertiary/aromatic N) is 3. The normalized spacial score (nSPS) is 13.1. The number of rotatable bonds is 6. The van der Waals surface area contributed by atoms with Gasteiger partial charge in [-0.05, 0) is 26.5 Å². The third-order valence-electron chi connectivity index (χ3n) is 3.80. The second kappa shape index (κ2) is 6.68. The molecule has 108 valence electrons. The van der Waals surface area contributed by atoms with Gasteiger partial charge < -0.3 is 15.2 Å². The highest BCUT2D eigenvalue weighted by atomic mass is 15.2. The van der Waals surface area contributed by atoms with Gasteiger partial charge in [-0.1, -0.05) is 30.3 Å². The number of likely N-dealkylation sites (N-methyl/N-ethyl adjacent to an activating group) is 1. The zero-order valence-corrected chi connectivity index (χ0v) is 12.5.